The van der Waals surface area contributed by atoms with E-state index in [0.717, 1.165) is 32.5 Å². The fraction of sp³-hybridized carbons (Fsp3) is 0.917. The fourth-order valence-electron chi connectivity index (χ4n) is 1.99. The first-order valence-corrected chi connectivity index (χ1v) is 7.48. The van der Waals surface area contributed by atoms with Gasteiger partial charge >= 0.3 is 6.03 Å². The van der Waals surface area contributed by atoms with E-state index >= 15 is 0 Å². The minimum atomic E-state index is 0.125. The molecule has 1 N–H and O–H groups in total. The standard InChI is InChI=1S/C12H24N2OS/c1-10-5-4-8-14(9-10)12(15)13-7-6-11(2)16-3/h10-11H,4-9H2,1-3H3,(H,13,15). The number of amides is 2. The van der Waals surface area contributed by atoms with Crippen molar-refractivity contribution in [1.29, 1.82) is 0 Å². The van der Waals surface area contributed by atoms with Crippen LogP contribution in [0.2, 0.25) is 0 Å². The van der Waals surface area contributed by atoms with E-state index in [2.05, 4.69) is 25.4 Å². The number of likely N-dealkylation sites (tertiary alicyclic amines) is 1. The Labute approximate surface area is 103 Å². The molecule has 2 amide bonds. The van der Waals surface area contributed by atoms with Crippen molar-refractivity contribution in [2.24, 2.45) is 5.92 Å². The molecule has 0 aliphatic carbocycles. The molecular formula is C12H24N2OS. The van der Waals surface area contributed by atoms with Crippen LogP contribution in [0.15, 0.2) is 0 Å². The van der Waals surface area contributed by atoms with Gasteiger partial charge in [-0.1, -0.05) is 13.8 Å². The molecule has 0 bridgehead atoms. The zero-order chi connectivity index (χ0) is 12.0. The first-order chi connectivity index (χ1) is 7.63. The first kappa shape index (κ1) is 13.7. The maximum Gasteiger partial charge on any atom is 0.317 e. The molecule has 3 nitrogen and oxygen atoms in total. The number of urea groups is 1. The van der Waals surface area contributed by atoms with Crippen molar-refractivity contribution in [3.63, 3.8) is 0 Å². The molecule has 16 heavy (non-hydrogen) atoms. The molecule has 0 aromatic carbocycles. The van der Waals surface area contributed by atoms with E-state index in [1.54, 1.807) is 0 Å². The Hall–Kier alpha value is -0.380. The van der Waals surface area contributed by atoms with Crippen LogP contribution in [0.25, 0.3) is 0 Å². The second kappa shape index (κ2) is 7.05. The van der Waals surface area contributed by atoms with Crippen LogP contribution in [-0.2, 0) is 0 Å². The number of nitrogens with zero attached hydrogens (tertiary/aromatic N) is 1. The van der Waals surface area contributed by atoms with E-state index in [4.69, 9.17) is 0 Å². The van der Waals surface area contributed by atoms with Gasteiger partial charge in [-0.2, -0.15) is 11.8 Å². The molecule has 0 spiro atoms. The summed E-state index contributed by atoms with van der Waals surface area (Å²) in [4.78, 5) is 13.8. The number of carbonyl (C=O) groups is 1. The second-order valence-electron chi connectivity index (χ2n) is 4.76. The summed E-state index contributed by atoms with van der Waals surface area (Å²) < 4.78 is 0. The van der Waals surface area contributed by atoms with Gasteiger partial charge in [0.05, 0.1) is 0 Å². The normalized spacial score (nSPS) is 22.9. The number of hydrogen-bond acceptors (Lipinski definition) is 2. The monoisotopic (exact) mass is 244 g/mol. The molecule has 2 atom stereocenters. The van der Waals surface area contributed by atoms with Gasteiger partial charge in [0, 0.05) is 24.9 Å². The van der Waals surface area contributed by atoms with Gasteiger partial charge in [-0.25, -0.2) is 4.79 Å². The Morgan fingerprint density at radius 2 is 2.38 bits per heavy atom. The quantitative estimate of drug-likeness (QED) is 0.824. The van der Waals surface area contributed by atoms with Gasteiger partial charge < -0.3 is 10.2 Å². The molecule has 0 aromatic rings. The zero-order valence-corrected chi connectivity index (χ0v) is 11.5. The second-order valence-corrected chi connectivity index (χ2v) is 6.04. The van der Waals surface area contributed by atoms with Crippen LogP contribution in [0, 0.1) is 5.92 Å². The predicted octanol–water partition coefficient (Wildman–Crippen LogP) is 2.57. The molecule has 1 rings (SSSR count). The molecule has 1 saturated heterocycles. The summed E-state index contributed by atoms with van der Waals surface area (Å²) in [6.45, 7) is 7.05. The number of thioether (sulfide) groups is 1. The van der Waals surface area contributed by atoms with Gasteiger partial charge in [0.25, 0.3) is 0 Å². The van der Waals surface area contributed by atoms with Gasteiger partial charge in [-0.3, -0.25) is 0 Å². The highest BCUT2D eigenvalue weighted by Crippen LogP contribution is 2.15. The molecule has 2 unspecified atom stereocenters. The van der Waals surface area contributed by atoms with E-state index in [9.17, 15) is 4.79 Å². The smallest absolute Gasteiger partial charge is 0.317 e. The van der Waals surface area contributed by atoms with E-state index in [0.29, 0.717) is 11.2 Å². The highest BCUT2D eigenvalue weighted by Gasteiger charge is 2.20. The molecular weight excluding hydrogens is 220 g/mol. The van der Waals surface area contributed by atoms with Gasteiger partial charge in [0.1, 0.15) is 0 Å². The van der Waals surface area contributed by atoms with Crippen molar-refractivity contribution in [3.05, 3.63) is 0 Å². The Morgan fingerprint density at radius 3 is 3.00 bits per heavy atom. The topological polar surface area (TPSA) is 32.3 Å². The Bertz CT molecular complexity index is 223. The van der Waals surface area contributed by atoms with Crippen molar-refractivity contribution in [2.45, 2.75) is 38.4 Å². The molecule has 1 aliphatic heterocycles. The Kier molecular flexibility index (Phi) is 6.03. The van der Waals surface area contributed by atoms with Crippen LogP contribution in [0.4, 0.5) is 4.79 Å². The van der Waals surface area contributed by atoms with E-state index in [-0.39, 0.29) is 6.03 Å². The van der Waals surface area contributed by atoms with E-state index in [1.807, 2.05) is 16.7 Å². The van der Waals surface area contributed by atoms with Crippen LogP contribution in [0.1, 0.15) is 33.1 Å². The van der Waals surface area contributed by atoms with Crippen LogP contribution in [-0.4, -0.2) is 42.1 Å². The average molecular weight is 244 g/mol. The molecule has 1 fully saturated rings. The summed E-state index contributed by atoms with van der Waals surface area (Å²) in [5.74, 6) is 0.657. The van der Waals surface area contributed by atoms with Gasteiger partial charge in [0.15, 0.2) is 0 Å². The number of carbonyl (C=O) groups excluding carboxylic acids is 1. The highest BCUT2D eigenvalue weighted by molar-refractivity contribution is 7.99. The Morgan fingerprint density at radius 1 is 1.62 bits per heavy atom. The fourth-order valence-corrected chi connectivity index (χ4v) is 2.34. The number of rotatable bonds is 4. The third kappa shape index (κ3) is 4.64. The lowest BCUT2D eigenvalue weighted by Crippen LogP contribution is -2.45. The Balaban J connectivity index is 2.19. The summed E-state index contributed by atoms with van der Waals surface area (Å²) in [6.07, 6.45) is 5.57. The van der Waals surface area contributed by atoms with E-state index in [1.165, 1.54) is 6.42 Å². The van der Waals surface area contributed by atoms with Gasteiger partial charge in [-0.15, -0.1) is 0 Å². The minimum Gasteiger partial charge on any atom is -0.338 e. The summed E-state index contributed by atoms with van der Waals surface area (Å²) >= 11 is 1.85. The minimum absolute atomic E-state index is 0.125. The summed E-state index contributed by atoms with van der Waals surface area (Å²) in [6, 6.07) is 0.125. The first-order valence-electron chi connectivity index (χ1n) is 6.19. The van der Waals surface area contributed by atoms with Crippen LogP contribution >= 0.6 is 11.8 Å². The van der Waals surface area contributed by atoms with Crippen molar-refractivity contribution < 1.29 is 4.79 Å². The molecule has 4 heteroatoms. The van der Waals surface area contributed by atoms with E-state index < -0.39 is 0 Å². The molecule has 0 radical (unpaired) electrons. The number of hydrogen-bond donors (Lipinski definition) is 1. The van der Waals surface area contributed by atoms with Crippen LogP contribution in [0.5, 0.6) is 0 Å². The highest BCUT2D eigenvalue weighted by atomic mass is 32.2. The number of nitrogens with one attached hydrogen (secondary N) is 1. The summed E-state index contributed by atoms with van der Waals surface area (Å²) in [5, 5.41) is 3.64. The number of piperidine rings is 1. The lowest BCUT2D eigenvalue weighted by Gasteiger charge is -2.31. The summed E-state index contributed by atoms with van der Waals surface area (Å²) in [5.41, 5.74) is 0. The third-order valence-corrected chi connectivity index (χ3v) is 4.21. The van der Waals surface area contributed by atoms with Crippen molar-refractivity contribution in [3.8, 4) is 0 Å². The van der Waals surface area contributed by atoms with Crippen LogP contribution in [0.3, 0.4) is 0 Å². The SMILES string of the molecule is CSC(C)CCNC(=O)N1CCCC(C)C1. The largest absolute Gasteiger partial charge is 0.338 e. The molecule has 0 aromatic heterocycles. The van der Waals surface area contributed by atoms with Crippen LogP contribution < -0.4 is 5.32 Å². The van der Waals surface area contributed by atoms with Crippen molar-refractivity contribution >= 4 is 17.8 Å². The predicted molar refractivity (Wildman–Crippen MR) is 71.0 cm³/mol. The average Bonchev–Trinajstić information content (AvgIpc) is 2.28. The van der Waals surface area contributed by atoms with Gasteiger partial charge in [0.2, 0.25) is 0 Å². The summed E-state index contributed by atoms with van der Waals surface area (Å²) in [7, 11) is 0. The lowest BCUT2D eigenvalue weighted by atomic mass is 10.0. The van der Waals surface area contributed by atoms with Crippen molar-refractivity contribution in [1.82, 2.24) is 10.2 Å². The van der Waals surface area contributed by atoms with Crippen molar-refractivity contribution in [2.75, 3.05) is 25.9 Å². The third-order valence-electron chi connectivity index (χ3n) is 3.17. The molecule has 94 valence electrons. The zero-order valence-electron chi connectivity index (χ0n) is 10.7. The lowest BCUT2D eigenvalue weighted by molar-refractivity contribution is 0.170. The molecule has 1 aliphatic rings. The van der Waals surface area contributed by atoms with Gasteiger partial charge in [-0.05, 0) is 31.4 Å². The molecule has 1 heterocycles. The maximum atomic E-state index is 11.8. The molecule has 0 saturated carbocycles. The maximum absolute atomic E-state index is 11.8.